The van der Waals surface area contributed by atoms with E-state index in [-0.39, 0.29) is 36.3 Å². The van der Waals surface area contributed by atoms with Crippen LogP contribution in [0.5, 0.6) is 5.75 Å². The first-order valence-corrected chi connectivity index (χ1v) is 17.3. The number of phenolic OH excluding ortho intramolecular Hbond substituents is 1. The smallest absolute Gasteiger partial charge is 0.410 e. The number of ether oxygens (including phenoxy) is 1. The predicted molar refractivity (Wildman–Crippen MR) is 178 cm³/mol. The van der Waals surface area contributed by atoms with Crippen LogP contribution in [0.2, 0.25) is 0 Å². The van der Waals surface area contributed by atoms with Crippen LogP contribution >= 0.6 is 0 Å². The van der Waals surface area contributed by atoms with E-state index in [1.807, 2.05) is 60.0 Å². The number of likely N-dealkylation sites (tertiary alicyclic amines) is 3. The number of aryl methyl sites for hydroxylation is 2. The summed E-state index contributed by atoms with van der Waals surface area (Å²) in [5.74, 6) is 0.0258. The standard InChI is InChI=1S/C36H49N5O6/c1-24-20-26(21-25(2)33(24)43)22-32(34(44)38-15-10-28(11-16-38)40-14-5-7-30(42)23-40)47-36(46)39-17-12-29(13-18-39)41-19-9-27-6-3-4-8-31(27)37-35(41)45/h3-4,6,8,20-21,28-30,32,42-43H,5,7,9-19,22-23H2,1-2H3,(H,37,45)/t30-,32-/m1/s1. The summed E-state index contributed by atoms with van der Waals surface area (Å²) in [4.78, 5) is 48.4. The van der Waals surface area contributed by atoms with E-state index in [1.54, 1.807) is 4.90 Å². The number of aliphatic hydroxyl groups is 1. The van der Waals surface area contributed by atoms with Crippen LogP contribution < -0.4 is 5.32 Å². The van der Waals surface area contributed by atoms with Crippen LogP contribution in [0.15, 0.2) is 36.4 Å². The van der Waals surface area contributed by atoms with Crippen molar-refractivity contribution in [3.05, 3.63) is 58.7 Å². The van der Waals surface area contributed by atoms with Crippen molar-refractivity contribution in [2.45, 2.75) is 89.5 Å². The number of amides is 4. The SMILES string of the molecule is Cc1cc(C[C@@H](OC(=O)N2CCC(N3CCc4ccccc4NC3=O)CC2)C(=O)N2CCC(N3CCC[C@@H](O)C3)CC2)cc(C)c1O. The monoisotopic (exact) mass is 647 g/mol. The minimum atomic E-state index is -0.994. The maximum Gasteiger partial charge on any atom is 0.410 e. The first-order chi connectivity index (χ1) is 22.7. The first-order valence-electron chi connectivity index (χ1n) is 17.3. The normalized spacial score (nSPS) is 22.3. The zero-order valence-electron chi connectivity index (χ0n) is 27.7. The highest BCUT2D eigenvalue weighted by molar-refractivity contribution is 5.91. The first kappa shape index (κ1) is 33.1. The van der Waals surface area contributed by atoms with Gasteiger partial charge < -0.3 is 35.0 Å². The minimum Gasteiger partial charge on any atom is -0.507 e. The number of fused-ring (bicyclic) bond motifs is 1. The number of carbonyl (C=O) groups is 3. The van der Waals surface area contributed by atoms with Gasteiger partial charge in [-0.3, -0.25) is 9.69 Å². The molecule has 2 atom stereocenters. The molecule has 3 N–H and O–H groups in total. The average molecular weight is 648 g/mol. The molecule has 0 aromatic heterocycles. The third kappa shape index (κ3) is 7.67. The fourth-order valence-corrected chi connectivity index (χ4v) is 7.82. The summed E-state index contributed by atoms with van der Waals surface area (Å²) >= 11 is 0. The quantitative estimate of drug-likeness (QED) is 0.432. The molecule has 0 radical (unpaired) electrons. The number of rotatable bonds is 6. The van der Waals surface area contributed by atoms with Gasteiger partial charge in [0.05, 0.1) is 6.10 Å². The lowest BCUT2D eigenvalue weighted by molar-refractivity contribution is -0.142. The van der Waals surface area contributed by atoms with Crippen molar-refractivity contribution in [1.82, 2.24) is 19.6 Å². The molecule has 11 heteroatoms. The largest absolute Gasteiger partial charge is 0.507 e. The van der Waals surface area contributed by atoms with E-state index >= 15 is 0 Å². The molecule has 47 heavy (non-hydrogen) atoms. The van der Waals surface area contributed by atoms with Gasteiger partial charge in [0.15, 0.2) is 6.10 Å². The minimum absolute atomic E-state index is 0.0102. The number of phenols is 1. The van der Waals surface area contributed by atoms with Crippen molar-refractivity contribution >= 4 is 23.7 Å². The highest BCUT2D eigenvalue weighted by atomic mass is 16.6. The number of aromatic hydroxyl groups is 1. The number of benzene rings is 2. The Kier molecular flexibility index (Phi) is 10.2. The number of piperidine rings is 3. The van der Waals surface area contributed by atoms with Gasteiger partial charge in [-0.2, -0.15) is 0 Å². The number of hydrogen-bond donors (Lipinski definition) is 3. The van der Waals surface area contributed by atoms with Crippen LogP contribution in [0.25, 0.3) is 0 Å². The fourth-order valence-electron chi connectivity index (χ4n) is 7.82. The molecule has 3 fully saturated rings. The number of nitrogens with zero attached hydrogens (tertiary/aromatic N) is 4. The maximum absolute atomic E-state index is 14.0. The van der Waals surface area contributed by atoms with Crippen LogP contribution in [0.4, 0.5) is 15.3 Å². The molecule has 3 saturated heterocycles. The maximum atomic E-state index is 14.0. The number of aliphatic hydroxyl groups excluding tert-OH is 1. The predicted octanol–water partition coefficient (Wildman–Crippen LogP) is 4.06. The molecule has 2 aromatic carbocycles. The van der Waals surface area contributed by atoms with E-state index in [0.29, 0.717) is 69.3 Å². The summed E-state index contributed by atoms with van der Waals surface area (Å²) in [6.45, 7) is 7.95. The Bertz CT molecular complexity index is 1430. The van der Waals surface area contributed by atoms with Gasteiger partial charge in [0.25, 0.3) is 5.91 Å². The Balaban J connectivity index is 1.09. The molecule has 0 saturated carbocycles. The van der Waals surface area contributed by atoms with Crippen LogP contribution in [0.1, 0.15) is 60.8 Å². The van der Waals surface area contributed by atoms with Gasteiger partial charge in [-0.1, -0.05) is 30.3 Å². The van der Waals surface area contributed by atoms with E-state index in [1.165, 1.54) is 0 Å². The molecule has 4 amide bonds. The molecule has 254 valence electrons. The molecule has 2 aromatic rings. The Hall–Kier alpha value is -3.83. The zero-order chi connectivity index (χ0) is 33.1. The van der Waals surface area contributed by atoms with E-state index in [9.17, 15) is 24.6 Å². The van der Waals surface area contributed by atoms with Crippen molar-refractivity contribution in [2.24, 2.45) is 0 Å². The lowest BCUT2D eigenvalue weighted by Gasteiger charge is -2.42. The lowest BCUT2D eigenvalue weighted by Crippen LogP contribution is -2.53. The highest BCUT2D eigenvalue weighted by Crippen LogP contribution is 2.28. The number of β-amino-alcohol motifs (C(OH)–C–C–N with tert-alkyl or cyclic N) is 1. The van der Waals surface area contributed by atoms with Gasteiger partial charge in [-0.15, -0.1) is 0 Å². The van der Waals surface area contributed by atoms with Crippen LogP contribution in [0, 0.1) is 13.8 Å². The number of hydrogen-bond acceptors (Lipinski definition) is 7. The second-order valence-electron chi connectivity index (χ2n) is 13.8. The molecule has 0 aliphatic carbocycles. The number of para-hydroxylation sites is 1. The van der Waals surface area contributed by atoms with Gasteiger partial charge >= 0.3 is 12.1 Å². The lowest BCUT2D eigenvalue weighted by atomic mass is 9.97. The average Bonchev–Trinajstić information content (AvgIpc) is 3.24. The van der Waals surface area contributed by atoms with Crippen molar-refractivity contribution in [3.8, 4) is 5.75 Å². The van der Waals surface area contributed by atoms with Crippen molar-refractivity contribution in [2.75, 3.05) is 51.1 Å². The summed E-state index contributed by atoms with van der Waals surface area (Å²) in [6, 6.07) is 11.8. The Labute approximate surface area is 277 Å². The van der Waals surface area contributed by atoms with Crippen molar-refractivity contribution in [1.29, 1.82) is 0 Å². The van der Waals surface area contributed by atoms with Crippen LogP contribution in [0.3, 0.4) is 0 Å². The molecule has 6 rings (SSSR count). The molecule has 4 aliphatic rings. The molecule has 0 spiro atoms. The van der Waals surface area contributed by atoms with Gasteiger partial charge in [0, 0.05) is 63.5 Å². The van der Waals surface area contributed by atoms with Gasteiger partial charge in [0.1, 0.15) is 5.75 Å². The van der Waals surface area contributed by atoms with Crippen molar-refractivity contribution in [3.63, 3.8) is 0 Å². The second kappa shape index (κ2) is 14.5. The summed E-state index contributed by atoms with van der Waals surface area (Å²) in [6.07, 6.45) is 3.93. The molecule has 4 heterocycles. The Morgan fingerprint density at radius 3 is 2.28 bits per heavy atom. The third-order valence-electron chi connectivity index (χ3n) is 10.5. The Morgan fingerprint density at radius 1 is 0.915 bits per heavy atom. The van der Waals surface area contributed by atoms with Crippen molar-refractivity contribution < 1.29 is 29.3 Å². The van der Waals surface area contributed by atoms with Gasteiger partial charge in [0.2, 0.25) is 0 Å². The molecule has 0 bridgehead atoms. The molecular formula is C36H49N5O6. The van der Waals surface area contributed by atoms with Crippen LogP contribution in [-0.2, 0) is 22.4 Å². The summed E-state index contributed by atoms with van der Waals surface area (Å²) in [5, 5.41) is 23.5. The van der Waals surface area contributed by atoms with E-state index in [4.69, 9.17) is 4.74 Å². The summed E-state index contributed by atoms with van der Waals surface area (Å²) < 4.78 is 6.04. The van der Waals surface area contributed by atoms with E-state index < -0.39 is 12.2 Å². The highest BCUT2D eigenvalue weighted by Gasteiger charge is 2.36. The molecular weight excluding hydrogens is 598 g/mol. The van der Waals surface area contributed by atoms with E-state index in [0.717, 1.165) is 55.5 Å². The second-order valence-corrected chi connectivity index (χ2v) is 13.8. The summed E-state index contributed by atoms with van der Waals surface area (Å²) in [7, 11) is 0. The molecule has 4 aliphatic heterocycles. The number of nitrogens with one attached hydrogen (secondary N) is 1. The number of anilines is 1. The third-order valence-corrected chi connectivity index (χ3v) is 10.5. The fraction of sp³-hybridized carbons (Fsp3) is 0.583. The van der Waals surface area contributed by atoms with Crippen LogP contribution in [-0.4, -0.2) is 118 Å². The number of urea groups is 1. The zero-order valence-corrected chi connectivity index (χ0v) is 27.7. The van der Waals surface area contributed by atoms with Gasteiger partial charge in [-0.05, 0) is 93.7 Å². The Morgan fingerprint density at radius 2 is 1.57 bits per heavy atom. The number of carbonyl (C=O) groups excluding carboxylic acids is 3. The molecule has 11 nitrogen and oxygen atoms in total. The topological polar surface area (TPSA) is 126 Å². The van der Waals surface area contributed by atoms with E-state index in [2.05, 4.69) is 10.2 Å². The molecule has 0 unspecified atom stereocenters. The van der Waals surface area contributed by atoms with Gasteiger partial charge in [-0.25, -0.2) is 9.59 Å². The summed E-state index contributed by atoms with van der Waals surface area (Å²) in [5.41, 5.74) is 4.22.